The molecular weight excluding hydrogens is 274 g/mol. The summed E-state index contributed by atoms with van der Waals surface area (Å²) in [6, 6.07) is 0. The van der Waals surface area contributed by atoms with E-state index in [9.17, 15) is 4.79 Å². The fourth-order valence-electron chi connectivity index (χ4n) is 2.05. The maximum absolute atomic E-state index is 12.2. The van der Waals surface area contributed by atoms with Gasteiger partial charge in [0.05, 0.1) is 12.8 Å². The van der Waals surface area contributed by atoms with Gasteiger partial charge in [-0.15, -0.1) is 11.8 Å². The van der Waals surface area contributed by atoms with Crippen LogP contribution < -0.4 is 0 Å². The molecule has 6 heteroatoms. The number of aryl methyl sites for hydroxylation is 1. The van der Waals surface area contributed by atoms with Crippen molar-refractivity contribution in [1.29, 1.82) is 0 Å². The number of carbonyl (C=O) groups is 1. The van der Waals surface area contributed by atoms with E-state index in [4.69, 9.17) is 4.74 Å². The van der Waals surface area contributed by atoms with E-state index >= 15 is 0 Å². The van der Waals surface area contributed by atoms with E-state index in [1.165, 1.54) is 11.8 Å². The molecule has 0 saturated heterocycles. The Morgan fingerprint density at radius 2 is 2.25 bits per heavy atom. The summed E-state index contributed by atoms with van der Waals surface area (Å²) in [5.41, 5.74) is 2.68. The average molecular weight is 293 g/mol. The molecule has 0 saturated carbocycles. The summed E-state index contributed by atoms with van der Waals surface area (Å²) in [5, 5.41) is 0.795. The van der Waals surface area contributed by atoms with Gasteiger partial charge in [-0.25, -0.2) is 14.8 Å². The summed E-state index contributed by atoms with van der Waals surface area (Å²) in [7, 11) is 0. The molecule has 0 atom stereocenters. The van der Waals surface area contributed by atoms with Crippen LogP contribution >= 0.6 is 11.8 Å². The summed E-state index contributed by atoms with van der Waals surface area (Å²) >= 11 is 1.50. The lowest BCUT2D eigenvalue weighted by Gasteiger charge is -2.03. The minimum Gasteiger partial charge on any atom is -0.462 e. The van der Waals surface area contributed by atoms with E-state index in [1.54, 1.807) is 13.1 Å². The molecule has 0 aromatic carbocycles. The van der Waals surface area contributed by atoms with E-state index in [0.717, 1.165) is 30.0 Å². The number of rotatable bonds is 6. The van der Waals surface area contributed by atoms with Gasteiger partial charge < -0.3 is 9.72 Å². The molecule has 0 unspecified atom stereocenters. The number of aromatic nitrogens is 3. The normalized spacial score (nSPS) is 10.9. The molecule has 5 nitrogen and oxygen atoms in total. The van der Waals surface area contributed by atoms with Crippen molar-refractivity contribution in [2.45, 2.75) is 38.1 Å². The Balaban J connectivity index is 2.53. The number of hydrogen-bond donors (Lipinski definition) is 1. The first kappa shape index (κ1) is 14.8. The summed E-state index contributed by atoms with van der Waals surface area (Å²) in [6.07, 6.45) is 6.52. The third-order valence-corrected chi connectivity index (χ3v) is 3.64. The molecule has 1 N–H and O–H groups in total. The Morgan fingerprint density at radius 1 is 1.45 bits per heavy atom. The summed E-state index contributed by atoms with van der Waals surface area (Å²) < 4.78 is 5.16. The fraction of sp³-hybridized carbons (Fsp3) is 0.500. The quantitative estimate of drug-likeness (QED) is 0.654. The van der Waals surface area contributed by atoms with Gasteiger partial charge in [0, 0.05) is 5.69 Å². The molecule has 108 valence electrons. The van der Waals surface area contributed by atoms with Crippen molar-refractivity contribution in [2.24, 2.45) is 0 Å². The van der Waals surface area contributed by atoms with Crippen LogP contribution in [0.2, 0.25) is 0 Å². The number of esters is 1. The van der Waals surface area contributed by atoms with Crippen LogP contribution in [0.5, 0.6) is 0 Å². The number of carbonyl (C=O) groups excluding carboxylic acids is 1. The molecule has 0 aliphatic carbocycles. The molecule has 20 heavy (non-hydrogen) atoms. The van der Waals surface area contributed by atoms with Gasteiger partial charge in [0.2, 0.25) is 0 Å². The Hall–Kier alpha value is -1.56. The number of thioether (sulfide) groups is 1. The molecule has 0 radical (unpaired) electrons. The largest absolute Gasteiger partial charge is 0.462 e. The van der Waals surface area contributed by atoms with E-state index in [1.807, 2.05) is 6.26 Å². The lowest BCUT2D eigenvalue weighted by atomic mass is 10.1. The number of hydrogen-bond acceptors (Lipinski definition) is 5. The number of nitrogens with one attached hydrogen (secondary N) is 1. The van der Waals surface area contributed by atoms with Gasteiger partial charge in [-0.05, 0) is 26.0 Å². The minimum atomic E-state index is -0.322. The van der Waals surface area contributed by atoms with Gasteiger partial charge in [0.25, 0.3) is 0 Å². The molecule has 0 bridgehead atoms. The predicted octanol–water partition coefficient (Wildman–Crippen LogP) is 3.20. The maximum Gasteiger partial charge on any atom is 0.342 e. The first-order chi connectivity index (χ1) is 9.71. The molecule has 2 aromatic rings. The summed E-state index contributed by atoms with van der Waals surface area (Å²) in [6.45, 7) is 4.28. The standard InChI is InChI=1S/C14H19N3O2S/c1-4-6-7-9-11(14(18)19-5-2)12-13(16-9)15-8-10(17-12)20-3/h8H,4-7H2,1-3H3,(H,15,16). The molecule has 0 aliphatic heterocycles. The van der Waals surface area contributed by atoms with E-state index < -0.39 is 0 Å². The highest BCUT2D eigenvalue weighted by atomic mass is 32.2. The van der Waals surface area contributed by atoms with E-state index in [-0.39, 0.29) is 5.97 Å². The van der Waals surface area contributed by atoms with Crippen molar-refractivity contribution in [3.8, 4) is 0 Å². The van der Waals surface area contributed by atoms with Crippen molar-refractivity contribution in [3.63, 3.8) is 0 Å². The first-order valence-electron chi connectivity index (χ1n) is 6.79. The highest BCUT2D eigenvalue weighted by Gasteiger charge is 2.21. The zero-order valence-corrected chi connectivity index (χ0v) is 12.8. The number of ether oxygens (including phenoxy) is 1. The lowest BCUT2D eigenvalue weighted by molar-refractivity contribution is 0.0527. The molecule has 0 fully saturated rings. The second-order valence-electron chi connectivity index (χ2n) is 4.41. The van der Waals surface area contributed by atoms with Crippen LogP contribution in [0.1, 0.15) is 42.7 Å². The molecule has 0 aliphatic rings. The topological polar surface area (TPSA) is 67.9 Å². The zero-order valence-electron chi connectivity index (χ0n) is 12.0. The van der Waals surface area contributed by atoms with Gasteiger partial charge in [0.1, 0.15) is 16.1 Å². The summed E-state index contributed by atoms with van der Waals surface area (Å²) in [4.78, 5) is 24.2. The molecule has 2 heterocycles. The zero-order chi connectivity index (χ0) is 14.5. The van der Waals surface area contributed by atoms with E-state index in [0.29, 0.717) is 23.3 Å². The molecular formula is C14H19N3O2S. The molecule has 0 spiro atoms. The van der Waals surface area contributed by atoms with Crippen LogP contribution in [-0.4, -0.2) is 33.8 Å². The number of fused-ring (bicyclic) bond motifs is 1. The second-order valence-corrected chi connectivity index (χ2v) is 5.24. The van der Waals surface area contributed by atoms with Crippen LogP contribution in [0, 0.1) is 0 Å². The lowest BCUT2D eigenvalue weighted by Crippen LogP contribution is -2.07. The SMILES string of the molecule is CCCCc1[nH]c2ncc(SC)nc2c1C(=O)OCC. The maximum atomic E-state index is 12.2. The van der Waals surface area contributed by atoms with Crippen LogP contribution in [-0.2, 0) is 11.2 Å². The van der Waals surface area contributed by atoms with Crippen molar-refractivity contribution in [3.05, 3.63) is 17.5 Å². The van der Waals surface area contributed by atoms with Crippen molar-refractivity contribution < 1.29 is 9.53 Å². The Morgan fingerprint density at radius 3 is 2.90 bits per heavy atom. The molecule has 2 aromatic heterocycles. The number of nitrogens with zero attached hydrogens (tertiary/aromatic N) is 2. The highest BCUT2D eigenvalue weighted by Crippen LogP contribution is 2.24. The van der Waals surface area contributed by atoms with Gasteiger partial charge in [-0.2, -0.15) is 0 Å². The van der Waals surface area contributed by atoms with E-state index in [2.05, 4.69) is 21.9 Å². The van der Waals surface area contributed by atoms with Gasteiger partial charge in [-0.3, -0.25) is 0 Å². The Kier molecular flexibility index (Phi) is 5.00. The van der Waals surface area contributed by atoms with Crippen LogP contribution in [0.3, 0.4) is 0 Å². The smallest absolute Gasteiger partial charge is 0.342 e. The second kappa shape index (κ2) is 6.74. The average Bonchev–Trinajstić information content (AvgIpc) is 2.82. The molecule has 0 amide bonds. The first-order valence-corrected chi connectivity index (χ1v) is 8.02. The van der Waals surface area contributed by atoms with Gasteiger partial charge in [0.15, 0.2) is 5.65 Å². The number of aromatic amines is 1. The van der Waals surface area contributed by atoms with Gasteiger partial charge in [-0.1, -0.05) is 13.3 Å². The van der Waals surface area contributed by atoms with Crippen molar-refractivity contribution >= 4 is 28.9 Å². The Labute approximate surface area is 122 Å². The minimum absolute atomic E-state index is 0.322. The van der Waals surface area contributed by atoms with Crippen LogP contribution in [0.25, 0.3) is 11.2 Å². The van der Waals surface area contributed by atoms with Crippen molar-refractivity contribution in [1.82, 2.24) is 15.0 Å². The van der Waals surface area contributed by atoms with Crippen molar-refractivity contribution in [2.75, 3.05) is 12.9 Å². The van der Waals surface area contributed by atoms with Crippen LogP contribution in [0.15, 0.2) is 11.2 Å². The fourth-order valence-corrected chi connectivity index (χ4v) is 2.39. The monoisotopic (exact) mass is 293 g/mol. The predicted molar refractivity (Wildman–Crippen MR) is 80.2 cm³/mol. The Bertz CT molecular complexity index is 610. The van der Waals surface area contributed by atoms with Crippen LogP contribution in [0.4, 0.5) is 0 Å². The van der Waals surface area contributed by atoms with Gasteiger partial charge >= 0.3 is 5.97 Å². The third-order valence-electron chi connectivity index (χ3n) is 3.03. The third kappa shape index (κ3) is 2.95. The summed E-state index contributed by atoms with van der Waals surface area (Å²) in [5.74, 6) is -0.322. The highest BCUT2D eigenvalue weighted by molar-refractivity contribution is 7.98. The number of H-pyrrole nitrogens is 1. The molecule has 2 rings (SSSR count). The number of unbranched alkanes of at least 4 members (excludes halogenated alkanes) is 1.